The zero-order valence-electron chi connectivity index (χ0n) is 32.8. The Kier molecular flexibility index (Phi) is 25.5. The molecule has 0 unspecified atom stereocenters. The van der Waals surface area contributed by atoms with Gasteiger partial charge in [-0.25, -0.2) is 0 Å². The SMILES string of the molecule is CCCCCc1c(C(=O)NCCOCCOC)c2nc(c1C(=O)NCCOCCOC)CN[C@@H]1CCCC[C@H]1NCCN[C@@H]1CCCC[C@H]1NC2.[Cl][Mn][Cl]. The summed E-state index contributed by atoms with van der Waals surface area (Å²) in [5.41, 5.74) is 3.22. The number of amides is 2. The molecule has 0 aromatic carbocycles. The maximum atomic E-state index is 14.3. The number of unbranched alkanes of at least 4 members (excludes halogenated alkanes) is 2. The van der Waals surface area contributed by atoms with Gasteiger partial charge in [-0.3, -0.25) is 14.6 Å². The van der Waals surface area contributed by atoms with Crippen molar-refractivity contribution in [2.45, 2.75) is 121 Å². The average Bonchev–Trinajstić information content (AvgIpc) is 3.18. The Morgan fingerprint density at radius 3 is 1.52 bits per heavy atom. The zero-order chi connectivity index (χ0) is 38.8. The molecule has 311 valence electrons. The Labute approximate surface area is 338 Å². The molecular formula is C38H67Cl2MnN7O6. The number of fused-ring (bicyclic) bond motifs is 4. The predicted octanol–water partition coefficient (Wildman–Crippen LogP) is 3.97. The second kappa shape index (κ2) is 29.1. The number of pyridine rings is 1. The molecule has 13 nitrogen and oxygen atoms in total. The van der Waals surface area contributed by atoms with Gasteiger partial charge >= 0.3 is 33.3 Å². The number of aromatic nitrogens is 1. The van der Waals surface area contributed by atoms with E-state index in [1.165, 1.54) is 25.7 Å². The van der Waals surface area contributed by atoms with E-state index in [9.17, 15) is 9.59 Å². The third-order valence-corrected chi connectivity index (χ3v) is 10.4. The van der Waals surface area contributed by atoms with Crippen LogP contribution in [0.1, 0.15) is 115 Å². The summed E-state index contributed by atoms with van der Waals surface area (Å²) < 4.78 is 21.5. The van der Waals surface area contributed by atoms with Crippen molar-refractivity contribution in [1.29, 1.82) is 0 Å². The van der Waals surface area contributed by atoms with Gasteiger partial charge in [0, 0.05) is 77.7 Å². The first-order valence-electron chi connectivity index (χ1n) is 20.0. The molecule has 1 aromatic heterocycles. The summed E-state index contributed by atoms with van der Waals surface area (Å²) in [6.07, 6.45) is 12.7. The number of carbonyl (C=O) groups is 2. The van der Waals surface area contributed by atoms with Crippen molar-refractivity contribution in [2.24, 2.45) is 0 Å². The average molecular weight is 844 g/mol. The molecule has 3 aliphatic rings. The van der Waals surface area contributed by atoms with E-state index >= 15 is 0 Å². The number of carbonyl (C=O) groups excluding carboxylic acids is 2. The fraction of sp³-hybridized carbons (Fsp3) is 0.816. The van der Waals surface area contributed by atoms with Crippen LogP contribution < -0.4 is 31.9 Å². The molecular weight excluding hydrogens is 776 g/mol. The summed E-state index contributed by atoms with van der Waals surface area (Å²) in [6, 6.07) is 1.24. The van der Waals surface area contributed by atoms with E-state index in [2.05, 4.69) is 38.8 Å². The molecule has 4 rings (SSSR count). The molecule has 1 aromatic rings. The minimum atomic E-state index is -0.217. The number of nitrogens with zero attached hydrogens (tertiary/aromatic N) is 1. The molecule has 6 N–H and O–H groups in total. The second-order valence-corrected chi connectivity index (χ2v) is 16.1. The summed E-state index contributed by atoms with van der Waals surface area (Å²) in [4.78, 5) is 33.8. The van der Waals surface area contributed by atoms with Crippen molar-refractivity contribution in [3.8, 4) is 0 Å². The summed E-state index contributed by atoms with van der Waals surface area (Å²) >= 11 is 0.00694. The van der Waals surface area contributed by atoms with Crippen molar-refractivity contribution >= 4 is 32.0 Å². The zero-order valence-corrected chi connectivity index (χ0v) is 35.5. The number of hydrogen-bond acceptors (Lipinski definition) is 11. The van der Waals surface area contributed by atoms with Gasteiger partial charge in [0.2, 0.25) is 0 Å². The number of ether oxygens (including phenoxy) is 4. The van der Waals surface area contributed by atoms with Crippen LogP contribution in [0.5, 0.6) is 0 Å². The Balaban J connectivity index is 0.00000253. The summed E-state index contributed by atoms with van der Waals surface area (Å²) in [5.74, 6) is -0.434. The van der Waals surface area contributed by atoms with Crippen LogP contribution in [0, 0.1) is 0 Å². The molecule has 2 bridgehead atoms. The molecule has 2 amide bonds. The van der Waals surface area contributed by atoms with Crippen LogP contribution in [-0.2, 0) is 51.6 Å². The first kappa shape index (κ1) is 47.2. The van der Waals surface area contributed by atoms with E-state index in [4.69, 9.17) is 44.1 Å². The summed E-state index contributed by atoms with van der Waals surface area (Å²) in [7, 11) is 12.9. The summed E-state index contributed by atoms with van der Waals surface area (Å²) in [6.45, 7) is 8.23. The van der Waals surface area contributed by atoms with Gasteiger partial charge in [-0.05, 0) is 44.1 Å². The van der Waals surface area contributed by atoms with E-state index in [0.29, 0.717) is 107 Å². The molecule has 54 heavy (non-hydrogen) atoms. The van der Waals surface area contributed by atoms with E-state index in [0.717, 1.165) is 63.6 Å². The second-order valence-electron chi connectivity index (χ2n) is 14.1. The van der Waals surface area contributed by atoms with Gasteiger partial charge in [-0.2, -0.15) is 0 Å². The number of hydrogen-bond donors (Lipinski definition) is 6. The Morgan fingerprint density at radius 2 is 1.11 bits per heavy atom. The molecule has 2 saturated carbocycles. The number of nitrogens with one attached hydrogen (secondary N) is 6. The van der Waals surface area contributed by atoms with Gasteiger partial charge in [-0.1, -0.05) is 45.4 Å². The Morgan fingerprint density at radius 1 is 0.685 bits per heavy atom. The van der Waals surface area contributed by atoms with Crippen LogP contribution >= 0.6 is 20.2 Å². The third kappa shape index (κ3) is 16.8. The van der Waals surface area contributed by atoms with E-state index in [1.54, 1.807) is 14.2 Å². The predicted molar refractivity (Wildman–Crippen MR) is 211 cm³/mol. The van der Waals surface area contributed by atoms with E-state index in [-0.39, 0.29) is 37.0 Å². The number of rotatable bonds is 18. The molecule has 0 radical (unpaired) electrons. The van der Waals surface area contributed by atoms with Crippen LogP contribution in [-0.4, -0.2) is 121 Å². The van der Waals surface area contributed by atoms with Gasteiger partial charge in [0.15, 0.2) is 0 Å². The number of methoxy groups -OCH3 is 2. The van der Waals surface area contributed by atoms with Crippen molar-refractivity contribution in [1.82, 2.24) is 36.9 Å². The Bertz CT molecular complexity index is 1130. The van der Waals surface area contributed by atoms with Crippen LogP contribution in [0.3, 0.4) is 0 Å². The fourth-order valence-electron chi connectivity index (χ4n) is 7.69. The van der Waals surface area contributed by atoms with Crippen molar-refractivity contribution < 1.29 is 41.7 Å². The quantitative estimate of drug-likeness (QED) is 0.0940. The Hall–Kier alpha value is -1.13. The topological polar surface area (TPSA) is 156 Å². The monoisotopic (exact) mass is 842 g/mol. The molecule has 0 saturated heterocycles. The van der Waals surface area contributed by atoms with Crippen LogP contribution in [0.25, 0.3) is 0 Å². The fourth-order valence-corrected chi connectivity index (χ4v) is 7.69. The van der Waals surface area contributed by atoms with Gasteiger partial charge in [0.25, 0.3) is 11.8 Å². The first-order chi connectivity index (χ1) is 26.5. The first-order valence-corrected chi connectivity index (χ1v) is 23.3. The number of halogens is 2. The van der Waals surface area contributed by atoms with Gasteiger partial charge in [-0.15, -0.1) is 0 Å². The van der Waals surface area contributed by atoms with Crippen molar-refractivity contribution in [3.63, 3.8) is 0 Å². The van der Waals surface area contributed by atoms with Gasteiger partial charge in [0.1, 0.15) is 0 Å². The maximum absolute atomic E-state index is 14.3. The van der Waals surface area contributed by atoms with Crippen LogP contribution in [0.15, 0.2) is 0 Å². The van der Waals surface area contributed by atoms with Gasteiger partial charge < -0.3 is 50.8 Å². The molecule has 2 aliphatic carbocycles. The molecule has 4 atom stereocenters. The minimum absolute atomic E-state index is 0.00694. The molecule has 16 heteroatoms. The van der Waals surface area contributed by atoms with Crippen molar-refractivity contribution in [2.75, 3.05) is 80.0 Å². The normalized spacial score (nSPS) is 22.0. The molecule has 2 heterocycles. The third-order valence-electron chi connectivity index (χ3n) is 10.4. The molecule has 1 aliphatic heterocycles. The van der Waals surface area contributed by atoms with E-state index in [1.807, 2.05) is 0 Å². The van der Waals surface area contributed by atoms with E-state index < -0.39 is 0 Å². The molecule has 2 fully saturated rings. The summed E-state index contributed by atoms with van der Waals surface area (Å²) in [5, 5.41) is 21.5. The molecule has 0 spiro atoms. The van der Waals surface area contributed by atoms with Crippen LogP contribution in [0.4, 0.5) is 0 Å². The van der Waals surface area contributed by atoms with Crippen LogP contribution in [0.2, 0.25) is 0 Å². The van der Waals surface area contributed by atoms with Gasteiger partial charge in [0.05, 0.1) is 62.2 Å². The standard InChI is InChI=1S/C38H67N7O6.2ClH.Mn/c1-4-5-6-11-28-35(37(46)41-18-20-50-24-22-48-2)33-26-43-31-14-9-7-12-29(31)39-16-17-40-30-13-8-10-15-32(30)44-27-34(45-33)36(28)38(47)42-19-21-51-25-23-49-3;;;/h29-32,39-40,43-44H,4-27H2,1-3H3,(H,41,46)(H,42,47);2*1H;/q;;;+2/p-2/t29-,30-,31-,32-;;;/m1.../s1. The van der Waals surface area contributed by atoms with Crippen molar-refractivity contribution in [3.05, 3.63) is 28.1 Å².